The molecule has 2 N–H and O–H groups in total. The highest BCUT2D eigenvalue weighted by Gasteiger charge is 2.03. The molecule has 1 aromatic carbocycles. The lowest BCUT2D eigenvalue weighted by Crippen LogP contribution is -2.02. The normalized spacial score (nSPS) is 10.3. The number of nitrogens with two attached hydrogens (primary N) is 1. The van der Waals surface area contributed by atoms with Gasteiger partial charge in [0.15, 0.2) is 0 Å². The molecule has 0 radical (unpaired) electrons. The number of aryl methyl sites for hydroxylation is 2. The summed E-state index contributed by atoms with van der Waals surface area (Å²) in [6, 6.07) is 3.24. The third-order valence-corrected chi connectivity index (χ3v) is 1.90. The van der Waals surface area contributed by atoms with Crippen LogP contribution in [0.3, 0.4) is 0 Å². The number of hydrogen-bond donors (Lipinski definition) is 1. The summed E-state index contributed by atoms with van der Waals surface area (Å²) in [5.41, 5.74) is 2.48. The molecule has 0 aliphatic carbocycles. The van der Waals surface area contributed by atoms with Crippen LogP contribution in [0, 0.1) is 19.7 Å². The van der Waals surface area contributed by atoms with Gasteiger partial charge in [-0.25, -0.2) is 10.3 Å². The molecule has 0 aliphatic heterocycles. The zero-order valence-electron chi connectivity index (χ0n) is 7.23. The Labute approximate surface area is 71.1 Å². The fourth-order valence-corrected chi connectivity index (χ4v) is 1.04. The van der Waals surface area contributed by atoms with Crippen LogP contribution in [0.4, 0.5) is 4.39 Å². The predicted molar refractivity (Wildman–Crippen MR) is 44.9 cm³/mol. The average Bonchev–Trinajstić information content (AvgIpc) is 2.01. The van der Waals surface area contributed by atoms with Crippen LogP contribution in [0.15, 0.2) is 12.1 Å². The van der Waals surface area contributed by atoms with Crippen molar-refractivity contribution in [3.8, 4) is 0 Å². The molecule has 0 spiro atoms. The lowest BCUT2D eigenvalue weighted by Gasteiger charge is -2.05. The topological polar surface area (TPSA) is 35.2 Å². The molecular formula is C9H12FNO. The molecule has 0 heterocycles. The molecule has 66 valence electrons. The van der Waals surface area contributed by atoms with Gasteiger partial charge in [0.05, 0.1) is 6.61 Å². The van der Waals surface area contributed by atoms with E-state index in [4.69, 9.17) is 5.90 Å². The van der Waals surface area contributed by atoms with Gasteiger partial charge in [-0.05, 0) is 31.0 Å². The van der Waals surface area contributed by atoms with Gasteiger partial charge < -0.3 is 0 Å². The molecule has 1 aromatic rings. The van der Waals surface area contributed by atoms with Gasteiger partial charge in [0.25, 0.3) is 0 Å². The summed E-state index contributed by atoms with van der Waals surface area (Å²) in [5, 5.41) is 0. The van der Waals surface area contributed by atoms with Crippen molar-refractivity contribution < 1.29 is 9.23 Å². The van der Waals surface area contributed by atoms with Crippen molar-refractivity contribution in [3.05, 3.63) is 34.6 Å². The Morgan fingerprint density at radius 3 is 2.50 bits per heavy atom. The van der Waals surface area contributed by atoms with Crippen molar-refractivity contribution in [2.75, 3.05) is 0 Å². The second kappa shape index (κ2) is 3.65. The maximum Gasteiger partial charge on any atom is 0.129 e. The molecule has 0 aliphatic rings. The highest BCUT2D eigenvalue weighted by molar-refractivity contribution is 5.30. The molecule has 0 fully saturated rings. The van der Waals surface area contributed by atoms with Crippen LogP contribution in [0.25, 0.3) is 0 Å². The van der Waals surface area contributed by atoms with E-state index < -0.39 is 0 Å². The molecule has 0 saturated heterocycles. The second-order valence-corrected chi connectivity index (χ2v) is 2.84. The Bertz CT molecular complexity index is 286. The summed E-state index contributed by atoms with van der Waals surface area (Å²) in [5.74, 6) is 4.59. The van der Waals surface area contributed by atoms with Gasteiger partial charge in [0.1, 0.15) is 5.82 Å². The first-order chi connectivity index (χ1) is 5.65. The molecule has 0 aromatic heterocycles. The smallest absolute Gasteiger partial charge is 0.129 e. The summed E-state index contributed by atoms with van der Waals surface area (Å²) in [6.45, 7) is 3.91. The molecule has 12 heavy (non-hydrogen) atoms. The van der Waals surface area contributed by atoms with E-state index in [0.717, 1.165) is 11.1 Å². The Balaban J connectivity index is 3.05. The Morgan fingerprint density at radius 1 is 1.33 bits per heavy atom. The van der Waals surface area contributed by atoms with E-state index in [0.29, 0.717) is 5.56 Å². The molecule has 1 rings (SSSR count). The lowest BCUT2D eigenvalue weighted by atomic mass is 10.1. The largest absolute Gasteiger partial charge is 0.300 e. The number of benzene rings is 1. The number of hydrogen-bond acceptors (Lipinski definition) is 2. The SMILES string of the molecule is Cc1cc(F)c(CON)cc1C. The van der Waals surface area contributed by atoms with E-state index in [1.165, 1.54) is 6.07 Å². The van der Waals surface area contributed by atoms with Gasteiger partial charge in [-0.2, -0.15) is 0 Å². The first-order valence-electron chi connectivity index (χ1n) is 3.72. The predicted octanol–water partition coefficient (Wildman–Crippen LogP) is 1.83. The van der Waals surface area contributed by atoms with Crippen LogP contribution < -0.4 is 5.90 Å². The zero-order chi connectivity index (χ0) is 9.14. The van der Waals surface area contributed by atoms with Crippen LogP contribution >= 0.6 is 0 Å². The summed E-state index contributed by atoms with van der Waals surface area (Å²) in [4.78, 5) is 4.36. The van der Waals surface area contributed by atoms with Crippen LogP contribution in [0.5, 0.6) is 0 Å². The quantitative estimate of drug-likeness (QED) is 0.685. The van der Waals surface area contributed by atoms with Crippen LogP contribution in [-0.2, 0) is 11.4 Å². The maximum atomic E-state index is 13.1. The van der Waals surface area contributed by atoms with E-state index in [-0.39, 0.29) is 12.4 Å². The maximum absolute atomic E-state index is 13.1. The monoisotopic (exact) mass is 169 g/mol. The van der Waals surface area contributed by atoms with Gasteiger partial charge in [-0.1, -0.05) is 6.07 Å². The minimum atomic E-state index is -0.261. The van der Waals surface area contributed by atoms with Crippen molar-refractivity contribution in [1.82, 2.24) is 0 Å². The van der Waals surface area contributed by atoms with Crippen molar-refractivity contribution >= 4 is 0 Å². The fraction of sp³-hybridized carbons (Fsp3) is 0.333. The van der Waals surface area contributed by atoms with Crippen LogP contribution in [0.1, 0.15) is 16.7 Å². The first kappa shape index (κ1) is 9.16. The second-order valence-electron chi connectivity index (χ2n) is 2.84. The minimum Gasteiger partial charge on any atom is -0.300 e. The Hall–Kier alpha value is -0.930. The number of halogens is 1. The van der Waals surface area contributed by atoms with Gasteiger partial charge in [0, 0.05) is 5.56 Å². The van der Waals surface area contributed by atoms with E-state index in [2.05, 4.69) is 4.84 Å². The molecular weight excluding hydrogens is 157 g/mol. The van der Waals surface area contributed by atoms with Crippen molar-refractivity contribution in [2.45, 2.75) is 20.5 Å². The molecule has 3 heteroatoms. The minimum absolute atomic E-state index is 0.118. The van der Waals surface area contributed by atoms with Gasteiger partial charge in [-0.3, -0.25) is 4.84 Å². The van der Waals surface area contributed by atoms with E-state index in [1.54, 1.807) is 6.07 Å². The standard InChI is InChI=1S/C9H12FNO/c1-6-3-8(5-12-11)9(10)4-7(6)2/h3-4H,5,11H2,1-2H3. The Kier molecular flexibility index (Phi) is 2.78. The molecule has 2 nitrogen and oxygen atoms in total. The van der Waals surface area contributed by atoms with Crippen molar-refractivity contribution in [3.63, 3.8) is 0 Å². The molecule has 0 saturated carbocycles. The van der Waals surface area contributed by atoms with E-state index in [9.17, 15) is 4.39 Å². The van der Waals surface area contributed by atoms with Crippen molar-refractivity contribution in [1.29, 1.82) is 0 Å². The Morgan fingerprint density at radius 2 is 1.92 bits per heavy atom. The third-order valence-electron chi connectivity index (χ3n) is 1.90. The molecule has 0 amide bonds. The van der Waals surface area contributed by atoms with Crippen molar-refractivity contribution in [2.24, 2.45) is 5.90 Å². The highest BCUT2D eigenvalue weighted by atomic mass is 19.1. The molecule has 0 atom stereocenters. The third kappa shape index (κ3) is 1.81. The molecule has 0 bridgehead atoms. The summed E-state index contributed by atoms with van der Waals surface area (Å²) >= 11 is 0. The molecule has 0 unspecified atom stereocenters. The van der Waals surface area contributed by atoms with Gasteiger partial charge in [-0.15, -0.1) is 0 Å². The first-order valence-corrected chi connectivity index (χ1v) is 3.72. The summed E-state index contributed by atoms with van der Waals surface area (Å²) < 4.78 is 13.1. The van der Waals surface area contributed by atoms with Gasteiger partial charge >= 0.3 is 0 Å². The van der Waals surface area contributed by atoms with Crippen LogP contribution in [-0.4, -0.2) is 0 Å². The van der Waals surface area contributed by atoms with Gasteiger partial charge in [0.2, 0.25) is 0 Å². The summed E-state index contributed by atoms with van der Waals surface area (Å²) in [7, 11) is 0. The van der Waals surface area contributed by atoms with Crippen LogP contribution in [0.2, 0.25) is 0 Å². The fourth-order valence-electron chi connectivity index (χ4n) is 1.04. The lowest BCUT2D eigenvalue weighted by molar-refractivity contribution is 0.121. The zero-order valence-corrected chi connectivity index (χ0v) is 7.23. The van der Waals surface area contributed by atoms with E-state index >= 15 is 0 Å². The van der Waals surface area contributed by atoms with E-state index in [1.807, 2.05) is 13.8 Å². The average molecular weight is 169 g/mol. The number of rotatable bonds is 2. The highest BCUT2D eigenvalue weighted by Crippen LogP contribution is 2.14. The summed E-state index contributed by atoms with van der Waals surface area (Å²) in [6.07, 6.45) is 0.